The molecule has 0 saturated carbocycles. The number of benzene rings is 1. The van der Waals surface area contributed by atoms with Crippen LogP contribution >= 0.6 is 0 Å². The Labute approximate surface area is 158 Å². The first kappa shape index (κ1) is 20.7. The maximum Gasteiger partial charge on any atom is 0.191 e. The van der Waals surface area contributed by atoms with Gasteiger partial charge in [0.1, 0.15) is 0 Å². The van der Waals surface area contributed by atoms with Gasteiger partial charge in [-0.05, 0) is 31.2 Å². The zero-order chi connectivity index (χ0) is 18.8. The zero-order valence-corrected chi connectivity index (χ0v) is 16.5. The Morgan fingerprint density at radius 3 is 2.62 bits per heavy atom. The first-order valence-corrected chi connectivity index (χ1v) is 9.86. The van der Waals surface area contributed by atoms with E-state index in [1.54, 1.807) is 0 Å². The molecule has 0 aromatic heterocycles. The Hall–Kier alpha value is -1.59. The summed E-state index contributed by atoms with van der Waals surface area (Å²) in [7, 11) is 0. The number of nitrogens with one attached hydrogen (secondary N) is 2. The average Bonchev–Trinajstić information content (AvgIpc) is 3.09. The molecule has 1 aliphatic rings. The quantitative estimate of drug-likeness (QED) is 0.467. The monoisotopic (exact) mass is 361 g/mol. The Morgan fingerprint density at radius 1 is 1.27 bits per heavy atom. The first-order valence-electron chi connectivity index (χ1n) is 9.86. The maximum absolute atomic E-state index is 9.39. The molecule has 3 N–H and O–H groups in total. The first-order chi connectivity index (χ1) is 12.6. The molecule has 2 rings (SSSR count). The summed E-state index contributed by atoms with van der Waals surface area (Å²) in [6, 6.07) is 10.7. The van der Waals surface area contributed by atoms with Crippen molar-refractivity contribution in [2.75, 3.05) is 39.5 Å². The predicted octanol–water partition coefficient (Wildman–Crippen LogP) is 2.77. The highest BCUT2D eigenvalue weighted by Gasteiger charge is 2.34. The molecule has 1 fully saturated rings. The number of aliphatic hydroxyl groups is 1. The van der Waals surface area contributed by atoms with Crippen molar-refractivity contribution in [2.45, 2.75) is 39.5 Å². The number of hydrogen-bond donors (Lipinski definition) is 3. The molecule has 1 aliphatic heterocycles. The molecular formula is C21H35N3O2. The van der Waals surface area contributed by atoms with E-state index < -0.39 is 0 Å². The van der Waals surface area contributed by atoms with Crippen LogP contribution in [0.2, 0.25) is 0 Å². The molecule has 26 heavy (non-hydrogen) atoms. The van der Waals surface area contributed by atoms with E-state index >= 15 is 0 Å². The summed E-state index contributed by atoms with van der Waals surface area (Å²) in [6.45, 7) is 10.6. The van der Waals surface area contributed by atoms with Gasteiger partial charge >= 0.3 is 0 Å². The second-order valence-corrected chi connectivity index (χ2v) is 7.61. The normalized spacial score (nSPS) is 21.8. The number of ether oxygens (including phenoxy) is 1. The third-order valence-corrected chi connectivity index (χ3v) is 5.27. The summed E-state index contributed by atoms with van der Waals surface area (Å²) in [4.78, 5) is 4.81. The van der Waals surface area contributed by atoms with Crippen LogP contribution in [0.25, 0.3) is 0 Å². The zero-order valence-electron chi connectivity index (χ0n) is 16.5. The highest BCUT2D eigenvalue weighted by atomic mass is 16.5. The molecule has 146 valence electrons. The highest BCUT2D eigenvalue weighted by Crippen LogP contribution is 2.32. The summed E-state index contributed by atoms with van der Waals surface area (Å²) in [5, 5.41) is 16.3. The van der Waals surface area contributed by atoms with Crippen LogP contribution in [0.1, 0.15) is 45.1 Å². The van der Waals surface area contributed by atoms with E-state index in [-0.39, 0.29) is 12.0 Å². The Balaban J connectivity index is 2.02. The van der Waals surface area contributed by atoms with Gasteiger partial charge in [-0.25, -0.2) is 0 Å². The molecule has 0 aliphatic carbocycles. The van der Waals surface area contributed by atoms with E-state index in [1.165, 1.54) is 5.56 Å². The van der Waals surface area contributed by atoms with Crippen LogP contribution in [0, 0.1) is 11.3 Å². The van der Waals surface area contributed by atoms with E-state index in [9.17, 15) is 5.11 Å². The predicted molar refractivity (Wildman–Crippen MR) is 108 cm³/mol. The summed E-state index contributed by atoms with van der Waals surface area (Å²) in [5.41, 5.74) is 1.33. The van der Waals surface area contributed by atoms with Gasteiger partial charge in [-0.2, -0.15) is 0 Å². The lowest BCUT2D eigenvalue weighted by atomic mass is 9.84. The fourth-order valence-corrected chi connectivity index (χ4v) is 3.52. The van der Waals surface area contributed by atoms with Crippen LogP contribution in [0.5, 0.6) is 0 Å². The third-order valence-electron chi connectivity index (χ3n) is 5.27. The molecule has 0 bridgehead atoms. The van der Waals surface area contributed by atoms with Gasteiger partial charge in [0.15, 0.2) is 5.96 Å². The number of aliphatic imine (C=N–C) groups is 1. The molecular weight excluding hydrogens is 326 g/mol. The number of hydrogen-bond acceptors (Lipinski definition) is 3. The van der Waals surface area contributed by atoms with Crippen LogP contribution in [0.3, 0.4) is 0 Å². The fraction of sp³-hybridized carbons (Fsp3) is 0.667. The van der Waals surface area contributed by atoms with Crippen LogP contribution in [0.4, 0.5) is 0 Å². The minimum atomic E-state index is -0.0199. The summed E-state index contributed by atoms with van der Waals surface area (Å²) >= 11 is 0. The topological polar surface area (TPSA) is 65.9 Å². The summed E-state index contributed by atoms with van der Waals surface area (Å²) in [6.07, 6.45) is 1.71. The van der Waals surface area contributed by atoms with Gasteiger partial charge in [-0.3, -0.25) is 4.99 Å². The van der Waals surface area contributed by atoms with Gasteiger partial charge in [0.25, 0.3) is 0 Å². The van der Waals surface area contributed by atoms with Crippen molar-refractivity contribution in [3.05, 3.63) is 35.9 Å². The van der Waals surface area contributed by atoms with E-state index in [2.05, 4.69) is 61.7 Å². The fourth-order valence-electron chi connectivity index (χ4n) is 3.52. The van der Waals surface area contributed by atoms with Gasteiger partial charge in [0.2, 0.25) is 0 Å². The molecule has 1 aromatic rings. The van der Waals surface area contributed by atoms with Gasteiger partial charge in [-0.15, -0.1) is 0 Å². The van der Waals surface area contributed by atoms with Gasteiger partial charge in [-0.1, -0.05) is 44.2 Å². The van der Waals surface area contributed by atoms with Crippen molar-refractivity contribution in [1.29, 1.82) is 0 Å². The number of guanidine groups is 1. The van der Waals surface area contributed by atoms with Crippen LogP contribution in [0.15, 0.2) is 35.3 Å². The second-order valence-electron chi connectivity index (χ2n) is 7.61. The molecule has 1 heterocycles. The largest absolute Gasteiger partial charge is 0.396 e. The number of aliphatic hydroxyl groups excluding tert-OH is 1. The summed E-state index contributed by atoms with van der Waals surface area (Å²) in [5.74, 6) is 1.82. The molecule has 2 unspecified atom stereocenters. The van der Waals surface area contributed by atoms with Gasteiger partial charge < -0.3 is 20.5 Å². The van der Waals surface area contributed by atoms with Crippen molar-refractivity contribution in [3.63, 3.8) is 0 Å². The third kappa shape index (κ3) is 5.99. The van der Waals surface area contributed by atoms with E-state index in [0.717, 1.165) is 38.5 Å². The molecule has 1 saturated heterocycles. The van der Waals surface area contributed by atoms with Crippen LogP contribution in [-0.2, 0) is 4.74 Å². The van der Waals surface area contributed by atoms with Gasteiger partial charge in [0.05, 0.1) is 13.2 Å². The minimum Gasteiger partial charge on any atom is -0.396 e. The standard InChI is InChI=1S/C21H35N3O2/c1-4-22-20(24-15-21(10-12-25)11-13-26-16-21)23-14-19(17(2)3)18-8-6-5-7-9-18/h5-9,17,19,25H,4,10-16H2,1-3H3,(H2,22,23,24). The Kier molecular flexibility index (Phi) is 8.39. The van der Waals surface area contributed by atoms with Crippen LogP contribution < -0.4 is 10.6 Å². The van der Waals surface area contributed by atoms with Crippen LogP contribution in [-0.4, -0.2) is 50.5 Å². The second kappa shape index (κ2) is 10.5. The molecule has 2 atom stereocenters. The van der Waals surface area contributed by atoms with Gasteiger partial charge in [0, 0.05) is 37.6 Å². The van der Waals surface area contributed by atoms with Crippen molar-refractivity contribution < 1.29 is 9.84 Å². The number of nitrogens with zero attached hydrogens (tertiary/aromatic N) is 1. The minimum absolute atomic E-state index is 0.0199. The lowest BCUT2D eigenvalue weighted by Gasteiger charge is -2.26. The lowest BCUT2D eigenvalue weighted by Crippen LogP contribution is -2.41. The summed E-state index contributed by atoms with van der Waals surface area (Å²) < 4.78 is 5.57. The molecule has 1 aromatic carbocycles. The molecule has 0 spiro atoms. The average molecular weight is 362 g/mol. The SMILES string of the molecule is CCNC(=NCC1(CCO)CCOC1)NCC(c1ccccc1)C(C)C. The van der Waals surface area contributed by atoms with Crippen molar-refractivity contribution >= 4 is 5.96 Å². The molecule has 0 radical (unpaired) electrons. The smallest absolute Gasteiger partial charge is 0.191 e. The van der Waals surface area contributed by atoms with Crippen molar-refractivity contribution in [1.82, 2.24) is 10.6 Å². The van der Waals surface area contributed by atoms with Crippen molar-refractivity contribution in [3.8, 4) is 0 Å². The van der Waals surface area contributed by atoms with E-state index in [0.29, 0.717) is 25.0 Å². The Bertz CT molecular complexity index is 539. The lowest BCUT2D eigenvalue weighted by molar-refractivity contribution is 0.131. The van der Waals surface area contributed by atoms with Crippen molar-refractivity contribution in [2.24, 2.45) is 16.3 Å². The Morgan fingerprint density at radius 2 is 2.04 bits per heavy atom. The molecule has 5 heteroatoms. The maximum atomic E-state index is 9.39. The number of rotatable bonds is 9. The molecule has 5 nitrogen and oxygen atoms in total. The van der Waals surface area contributed by atoms with E-state index in [1.807, 2.05) is 0 Å². The highest BCUT2D eigenvalue weighted by molar-refractivity contribution is 5.79. The molecule has 0 amide bonds. The van der Waals surface area contributed by atoms with E-state index in [4.69, 9.17) is 9.73 Å².